The number of fused-ring (bicyclic) bond motifs is 4. The van der Waals surface area contributed by atoms with E-state index in [4.69, 9.17) is 9.72 Å². The van der Waals surface area contributed by atoms with E-state index in [0.29, 0.717) is 56.1 Å². The van der Waals surface area contributed by atoms with Gasteiger partial charge in [-0.1, -0.05) is 0 Å². The van der Waals surface area contributed by atoms with Crippen molar-refractivity contribution in [3.05, 3.63) is 59.2 Å². The zero-order valence-corrected chi connectivity index (χ0v) is 29.8. The van der Waals surface area contributed by atoms with E-state index in [1.165, 1.54) is 5.69 Å². The van der Waals surface area contributed by atoms with E-state index in [9.17, 15) is 4.57 Å². The van der Waals surface area contributed by atoms with Crippen molar-refractivity contribution in [1.82, 2.24) is 34.6 Å². The number of rotatable bonds is 8. The number of aryl methyl sites for hydroxylation is 1. The van der Waals surface area contributed by atoms with Gasteiger partial charge in [0.15, 0.2) is 0 Å². The molecule has 0 radical (unpaired) electrons. The molecule has 0 spiro atoms. The lowest BCUT2D eigenvalue weighted by Crippen LogP contribution is -2.61. The second kappa shape index (κ2) is 12.2. The number of nitrogens with zero attached hydrogens (tertiary/aromatic N) is 8. The molecule has 3 aromatic heterocycles. The first kappa shape index (κ1) is 31.5. The summed E-state index contributed by atoms with van der Waals surface area (Å²) in [6.45, 7) is 10.9. The SMILES string of the molecule is COc1cc2c(cc1Nc1ncc(Br)c(Nc3ccc4nccnc4c3P(C)(C)=O)n1)-c1cnn(C)c1CCN2C1CN(C(C)C)C1. The van der Waals surface area contributed by atoms with Crippen molar-refractivity contribution in [1.29, 1.82) is 0 Å². The molecule has 1 fully saturated rings. The average Bonchev–Trinajstić information content (AvgIpc) is 3.30. The Balaban J connectivity index is 1.25. The standard InChI is InChI=1S/C33H38BrN10O2P/c1-19(2)43-17-20(18-43)44-12-9-27-22(15-38-42(27)3)21-13-26(29(46-4)14-28(21)44)40-33-37-16-23(34)32(41-33)39-25-8-7-24-30(36-11-10-35-24)31(25)47(5,6)45/h7-8,10-11,13-16,19-20H,9,12,17-18H2,1-6H3,(H2,37,39,40,41). The van der Waals surface area contributed by atoms with Crippen molar-refractivity contribution in [3.63, 3.8) is 0 Å². The molecule has 5 heterocycles. The Morgan fingerprint density at radius 3 is 2.55 bits per heavy atom. The van der Waals surface area contributed by atoms with Gasteiger partial charge in [0.05, 0.1) is 46.0 Å². The molecular formula is C33H38BrN10O2P. The number of ether oxygens (including phenoxy) is 1. The molecule has 2 N–H and O–H groups in total. The van der Waals surface area contributed by atoms with Gasteiger partial charge < -0.3 is 24.8 Å². The van der Waals surface area contributed by atoms with Crippen molar-refractivity contribution < 1.29 is 9.30 Å². The van der Waals surface area contributed by atoms with E-state index in [1.807, 2.05) is 30.1 Å². The minimum Gasteiger partial charge on any atom is -0.494 e. The lowest BCUT2D eigenvalue weighted by molar-refractivity contribution is 0.107. The Morgan fingerprint density at radius 1 is 1.02 bits per heavy atom. The summed E-state index contributed by atoms with van der Waals surface area (Å²) in [6.07, 6.45) is 7.79. The number of halogens is 1. The van der Waals surface area contributed by atoms with Crippen molar-refractivity contribution in [3.8, 4) is 16.9 Å². The number of nitrogens with one attached hydrogen (secondary N) is 2. The molecule has 47 heavy (non-hydrogen) atoms. The second-order valence-electron chi connectivity index (χ2n) is 12.7. The van der Waals surface area contributed by atoms with E-state index in [0.717, 1.165) is 48.6 Å². The minimum atomic E-state index is -2.76. The van der Waals surface area contributed by atoms with Gasteiger partial charge >= 0.3 is 0 Å². The fourth-order valence-corrected chi connectivity index (χ4v) is 8.22. The minimum absolute atomic E-state index is 0.371. The Kier molecular flexibility index (Phi) is 8.18. The Morgan fingerprint density at radius 2 is 1.81 bits per heavy atom. The van der Waals surface area contributed by atoms with Crippen LogP contribution in [0.4, 0.5) is 28.8 Å². The maximum atomic E-state index is 13.5. The second-order valence-corrected chi connectivity index (χ2v) is 16.7. The Bertz CT molecular complexity index is 2040. The van der Waals surface area contributed by atoms with E-state index in [2.05, 4.69) is 82.4 Å². The Labute approximate surface area is 282 Å². The Hall–Kier alpha value is -4.06. The van der Waals surface area contributed by atoms with Gasteiger partial charge in [0.1, 0.15) is 24.2 Å². The molecule has 0 atom stereocenters. The largest absolute Gasteiger partial charge is 0.494 e. The molecule has 7 rings (SSSR count). The highest BCUT2D eigenvalue weighted by molar-refractivity contribution is 9.10. The van der Waals surface area contributed by atoms with E-state index >= 15 is 0 Å². The summed E-state index contributed by atoms with van der Waals surface area (Å²) in [5, 5.41) is 12.0. The van der Waals surface area contributed by atoms with Gasteiger partial charge in [-0.15, -0.1) is 0 Å². The summed E-state index contributed by atoms with van der Waals surface area (Å²) in [5.41, 5.74) is 7.23. The van der Waals surface area contributed by atoms with Crippen LogP contribution in [0.15, 0.2) is 53.5 Å². The first-order valence-electron chi connectivity index (χ1n) is 15.6. The molecule has 2 aliphatic heterocycles. The van der Waals surface area contributed by atoms with Gasteiger partial charge in [0.2, 0.25) is 5.95 Å². The van der Waals surface area contributed by atoms with Crippen molar-refractivity contribution in [2.75, 3.05) is 55.6 Å². The molecule has 12 nitrogen and oxygen atoms in total. The van der Waals surface area contributed by atoms with Crippen LogP contribution in [0.1, 0.15) is 19.5 Å². The number of anilines is 5. The van der Waals surface area contributed by atoms with Gasteiger partial charge in [0.25, 0.3) is 0 Å². The molecule has 2 aliphatic rings. The quantitative estimate of drug-likeness (QED) is 0.190. The van der Waals surface area contributed by atoms with Gasteiger partial charge in [-0.2, -0.15) is 10.1 Å². The highest BCUT2D eigenvalue weighted by atomic mass is 79.9. The first-order chi connectivity index (χ1) is 22.5. The van der Waals surface area contributed by atoms with Gasteiger partial charge in [-0.25, -0.2) is 4.98 Å². The normalized spacial score (nSPS) is 15.3. The third-order valence-corrected chi connectivity index (χ3v) is 11.1. The molecule has 14 heteroatoms. The van der Waals surface area contributed by atoms with Crippen LogP contribution in [0.2, 0.25) is 0 Å². The van der Waals surface area contributed by atoms with Gasteiger partial charge in [0, 0.05) is 86.3 Å². The number of benzene rings is 2. The van der Waals surface area contributed by atoms with E-state index in [1.54, 1.807) is 39.0 Å². The van der Waals surface area contributed by atoms with Crippen molar-refractivity contribution in [2.45, 2.75) is 32.4 Å². The van der Waals surface area contributed by atoms with Crippen LogP contribution in [-0.4, -0.2) is 86.8 Å². The zero-order chi connectivity index (χ0) is 33.0. The number of hydrogen-bond donors (Lipinski definition) is 2. The smallest absolute Gasteiger partial charge is 0.229 e. The highest BCUT2D eigenvalue weighted by Crippen LogP contribution is 2.45. The van der Waals surface area contributed by atoms with E-state index in [-0.39, 0.29) is 0 Å². The van der Waals surface area contributed by atoms with E-state index < -0.39 is 7.14 Å². The number of aromatic nitrogens is 6. The van der Waals surface area contributed by atoms with Crippen LogP contribution in [0.25, 0.3) is 22.2 Å². The number of likely N-dealkylation sites (tertiary alicyclic amines) is 1. The predicted molar refractivity (Wildman–Crippen MR) is 192 cm³/mol. The topological polar surface area (TPSA) is 126 Å². The summed E-state index contributed by atoms with van der Waals surface area (Å²) < 4.78 is 22.1. The fraction of sp³-hybridized carbons (Fsp3) is 0.364. The van der Waals surface area contributed by atoms with Crippen LogP contribution in [0, 0.1) is 0 Å². The summed E-state index contributed by atoms with van der Waals surface area (Å²) >= 11 is 3.59. The van der Waals surface area contributed by atoms with Gasteiger partial charge in [-0.3, -0.25) is 19.5 Å². The molecule has 5 aromatic rings. The van der Waals surface area contributed by atoms with Crippen LogP contribution in [0.3, 0.4) is 0 Å². The summed E-state index contributed by atoms with van der Waals surface area (Å²) in [4.78, 5) is 23.3. The molecule has 244 valence electrons. The lowest BCUT2D eigenvalue weighted by atomic mass is 10.00. The van der Waals surface area contributed by atoms with Crippen molar-refractivity contribution in [2.24, 2.45) is 7.05 Å². The molecule has 2 aromatic carbocycles. The summed E-state index contributed by atoms with van der Waals surface area (Å²) in [5.74, 6) is 1.57. The zero-order valence-electron chi connectivity index (χ0n) is 27.3. The molecule has 0 bridgehead atoms. The number of hydrogen-bond acceptors (Lipinski definition) is 11. The highest BCUT2D eigenvalue weighted by Gasteiger charge is 2.36. The molecule has 0 unspecified atom stereocenters. The summed E-state index contributed by atoms with van der Waals surface area (Å²) in [7, 11) is 0.931. The third-order valence-electron chi connectivity index (χ3n) is 9.03. The van der Waals surface area contributed by atoms with Crippen molar-refractivity contribution >= 4 is 68.2 Å². The average molecular weight is 718 g/mol. The molecule has 0 aliphatic carbocycles. The fourth-order valence-electron chi connectivity index (χ4n) is 6.54. The summed E-state index contributed by atoms with van der Waals surface area (Å²) in [6, 6.07) is 8.92. The maximum absolute atomic E-state index is 13.5. The molecular weight excluding hydrogens is 679 g/mol. The van der Waals surface area contributed by atoms with Gasteiger partial charge in [-0.05, 0) is 61.3 Å². The number of methoxy groups -OCH3 is 1. The van der Waals surface area contributed by atoms with Crippen LogP contribution in [-0.2, 0) is 18.0 Å². The molecule has 0 amide bonds. The van der Waals surface area contributed by atoms with Crippen LogP contribution in [0.5, 0.6) is 5.75 Å². The predicted octanol–water partition coefficient (Wildman–Crippen LogP) is 5.78. The van der Waals surface area contributed by atoms with Crippen LogP contribution < -0.4 is 25.6 Å². The lowest BCUT2D eigenvalue weighted by Gasteiger charge is -2.48. The van der Waals surface area contributed by atoms with Crippen LogP contribution >= 0.6 is 23.1 Å². The molecule has 0 saturated carbocycles. The molecule has 1 saturated heterocycles. The third kappa shape index (κ3) is 5.85. The monoisotopic (exact) mass is 716 g/mol. The maximum Gasteiger partial charge on any atom is 0.229 e. The first-order valence-corrected chi connectivity index (χ1v) is 19.0.